The highest BCUT2D eigenvalue weighted by Crippen LogP contribution is 2.36. The Balaban J connectivity index is 1.87. The van der Waals surface area contributed by atoms with E-state index in [0.29, 0.717) is 11.4 Å². The first-order valence-corrected chi connectivity index (χ1v) is 8.21. The van der Waals surface area contributed by atoms with Gasteiger partial charge in [-0.2, -0.15) is 0 Å². The monoisotopic (exact) mass is 403 g/mol. The molecule has 0 unspecified atom stereocenters. The molecule has 0 aliphatic carbocycles. The quantitative estimate of drug-likeness (QED) is 0.406. The summed E-state index contributed by atoms with van der Waals surface area (Å²) in [6.07, 6.45) is -0.222. The van der Waals surface area contributed by atoms with Gasteiger partial charge in [0.1, 0.15) is 6.54 Å². The number of imidazole rings is 1. The van der Waals surface area contributed by atoms with E-state index in [1.807, 2.05) is 0 Å². The lowest BCUT2D eigenvalue weighted by molar-refractivity contribution is -0.137. The number of benzene rings is 1. The summed E-state index contributed by atoms with van der Waals surface area (Å²) in [4.78, 5) is 25.1. The Morgan fingerprint density at radius 2 is 1.89 bits per heavy atom. The SMILES string of the molecule is O=C(O)CNC(=O)Cc1[nH]c(=S)n2c1C[C@H](c1c(F)c(F)cc(F)c1F)C2. The molecule has 0 spiro atoms. The maximum absolute atomic E-state index is 14.1. The van der Waals surface area contributed by atoms with Crippen LogP contribution in [0.3, 0.4) is 0 Å². The zero-order chi connectivity index (χ0) is 19.9. The van der Waals surface area contributed by atoms with Gasteiger partial charge in [-0.15, -0.1) is 0 Å². The van der Waals surface area contributed by atoms with E-state index >= 15 is 0 Å². The van der Waals surface area contributed by atoms with Gasteiger partial charge in [-0.05, 0) is 18.6 Å². The van der Waals surface area contributed by atoms with Gasteiger partial charge in [-0.1, -0.05) is 0 Å². The predicted molar refractivity (Wildman–Crippen MR) is 86.7 cm³/mol. The highest BCUT2D eigenvalue weighted by molar-refractivity contribution is 7.71. The maximum Gasteiger partial charge on any atom is 0.322 e. The normalized spacial score (nSPS) is 15.6. The maximum atomic E-state index is 14.1. The van der Waals surface area contributed by atoms with E-state index in [4.69, 9.17) is 17.3 Å². The average molecular weight is 403 g/mol. The third-order valence-electron chi connectivity index (χ3n) is 4.35. The van der Waals surface area contributed by atoms with Crippen molar-refractivity contribution in [3.63, 3.8) is 0 Å². The minimum Gasteiger partial charge on any atom is -0.480 e. The molecule has 2 heterocycles. The standard InChI is InChI=1S/C16H13F4N3O3S/c17-7-2-8(18)15(20)13(14(7)19)6-1-10-9(22-16(27)23(10)5-6)3-11(24)21-4-12(25)26/h2,6H,1,3-5H2,(H,21,24)(H,22,27)(H,25,26)/t6-/m0/s1. The first-order valence-electron chi connectivity index (χ1n) is 7.81. The molecule has 0 saturated carbocycles. The van der Waals surface area contributed by atoms with Crippen LogP contribution < -0.4 is 5.32 Å². The molecule has 1 atom stereocenters. The van der Waals surface area contributed by atoms with Crippen LogP contribution >= 0.6 is 12.2 Å². The zero-order valence-corrected chi connectivity index (χ0v) is 14.4. The molecule has 3 N–H and O–H groups in total. The number of hydrogen-bond donors (Lipinski definition) is 3. The molecule has 0 saturated heterocycles. The lowest BCUT2D eigenvalue weighted by atomic mass is 9.94. The fourth-order valence-electron chi connectivity index (χ4n) is 3.19. The lowest BCUT2D eigenvalue weighted by Crippen LogP contribution is -2.30. The van der Waals surface area contributed by atoms with Gasteiger partial charge in [0.15, 0.2) is 28.0 Å². The molecule has 0 radical (unpaired) electrons. The molecule has 1 aromatic carbocycles. The highest BCUT2D eigenvalue weighted by atomic mass is 32.1. The van der Waals surface area contributed by atoms with Crippen molar-refractivity contribution in [3.05, 3.63) is 51.1 Å². The van der Waals surface area contributed by atoms with Crippen molar-refractivity contribution < 1.29 is 32.3 Å². The van der Waals surface area contributed by atoms with Crippen molar-refractivity contribution in [3.8, 4) is 0 Å². The summed E-state index contributed by atoms with van der Waals surface area (Å²) in [5.74, 6) is -8.59. The van der Waals surface area contributed by atoms with Crippen molar-refractivity contribution in [1.82, 2.24) is 14.9 Å². The number of carboxylic acid groups (broad SMARTS) is 1. The zero-order valence-electron chi connectivity index (χ0n) is 13.6. The molecule has 11 heteroatoms. The van der Waals surface area contributed by atoms with Crippen LogP contribution in [-0.4, -0.2) is 33.1 Å². The second-order valence-corrected chi connectivity index (χ2v) is 6.48. The molecule has 1 aromatic heterocycles. The fourth-order valence-corrected chi connectivity index (χ4v) is 3.49. The Bertz CT molecular complexity index is 976. The number of nitrogens with zero attached hydrogens (tertiary/aromatic N) is 1. The Morgan fingerprint density at radius 1 is 1.26 bits per heavy atom. The molecular weight excluding hydrogens is 390 g/mol. The van der Waals surface area contributed by atoms with Gasteiger partial charge < -0.3 is 20.0 Å². The largest absolute Gasteiger partial charge is 0.480 e. The minimum atomic E-state index is -1.49. The predicted octanol–water partition coefficient (Wildman–Crippen LogP) is 2.19. The fraction of sp³-hybridized carbons (Fsp3) is 0.312. The van der Waals surface area contributed by atoms with Crippen molar-refractivity contribution in [2.45, 2.75) is 25.3 Å². The topological polar surface area (TPSA) is 87.1 Å². The van der Waals surface area contributed by atoms with Crippen LogP contribution in [0.1, 0.15) is 22.9 Å². The minimum absolute atomic E-state index is 0.00537. The van der Waals surface area contributed by atoms with Gasteiger partial charge in [0, 0.05) is 35.5 Å². The van der Waals surface area contributed by atoms with Gasteiger partial charge in [0.25, 0.3) is 0 Å². The summed E-state index contributed by atoms with van der Waals surface area (Å²) in [5, 5.41) is 10.8. The van der Waals surface area contributed by atoms with Crippen LogP contribution in [0.2, 0.25) is 0 Å². The first-order chi connectivity index (χ1) is 12.7. The molecule has 144 valence electrons. The molecule has 1 aliphatic heterocycles. The average Bonchev–Trinajstić information content (AvgIpc) is 3.13. The number of nitrogens with one attached hydrogen (secondary N) is 2. The smallest absolute Gasteiger partial charge is 0.322 e. The molecule has 6 nitrogen and oxygen atoms in total. The van der Waals surface area contributed by atoms with E-state index < -0.39 is 53.2 Å². The van der Waals surface area contributed by atoms with Crippen molar-refractivity contribution >= 4 is 24.1 Å². The number of fused-ring (bicyclic) bond motifs is 1. The summed E-state index contributed by atoms with van der Waals surface area (Å²) in [5.41, 5.74) is 0.119. The van der Waals surface area contributed by atoms with Crippen molar-refractivity contribution in [1.29, 1.82) is 0 Å². The van der Waals surface area contributed by atoms with Crippen LogP contribution in [-0.2, 0) is 29.0 Å². The van der Waals surface area contributed by atoms with Crippen LogP contribution in [0.5, 0.6) is 0 Å². The number of rotatable bonds is 5. The van der Waals surface area contributed by atoms with Gasteiger partial charge in [0.05, 0.1) is 6.42 Å². The number of aliphatic carboxylic acids is 1. The summed E-state index contributed by atoms with van der Waals surface area (Å²) in [7, 11) is 0. The summed E-state index contributed by atoms with van der Waals surface area (Å²) < 4.78 is 56.8. The number of aromatic nitrogens is 2. The number of aromatic amines is 1. The molecule has 27 heavy (non-hydrogen) atoms. The molecule has 3 rings (SSSR count). The second-order valence-electron chi connectivity index (χ2n) is 6.10. The third kappa shape index (κ3) is 3.59. The van der Waals surface area contributed by atoms with E-state index in [0.717, 1.165) is 0 Å². The Labute approximate surface area is 154 Å². The molecule has 2 aromatic rings. The van der Waals surface area contributed by atoms with Crippen LogP contribution in [0.4, 0.5) is 17.6 Å². The van der Waals surface area contributed by atoms with E-state index in [9.17, 15) is 27.2 Å². The Kier molecular flexibility index (Phi) is 5.05. The van der Waals surface area contributed by atoms with Crippen LogP contribution in [0, 0.1) is 28.0 Å². The van der Waals surface area contributed by atoms with E-state index in [2.05, 4.69) is 10.3 Å². The number of amides is 1. The van der Waals surface area contributed by atoms with Crippen LogP contribution in [0.15, 0.2) is 6.07 Å². The highest BCUT2D eigenvalue weighted by Gasteiger charge is 2.33. The molecular formula is C16H13F4N3O3S. The summed E-state index contributed by atoms with van der Waals surface area (Å²) in [6, 6.07) is 0.147. The van der Waals surface area contributed by atoms with Crippen molar-refractivity contribution in [2.75, 3.05) is 6.54 Å². The summed E-state index contributed by atoms with van der Waals surface area (Å²) >= 11 is 5.12. The van der Waals surface area contributed by atoms with E-state index in [1.54, 1.807) is 0 Å². The van der Waals surface area contributed by atoms with Gasteiger partial charge >= 0.3 is 5.97 Å². The number of halogens is 4. The molecule has 0 fully saturated rings. The van der Waals surface area contributed by atoms with Gasteiger partial charge in [-0.25, -0.2) is 17.6 Å². The summed E-state index contributed by atoms with van der Waals surface area (Å²) in [6.45, 7) is -0.574. The lowest BCUT2D eigenvalue weighted by Gasteiger charge is -2.13. The Morgan fingerprint density at radius 3 is 2.48 bits per heavy atom. The van der Waals surface area contributed by atoms with E-state index in [1.165, 1.54) is 4.57 Å². The number of H-pyrrole nitrogens is 1. The van der Waals surface area contributed by atoms with Crippen LogP contribution in [0.25, 0.3) is 0 Å². The first kappa shape index (κ1) is 19.1. The number of carbonyl (C=O) groups excluding carboxylic acids is 1. The van der Waals surface area contributed by atoms with Gasteiger partial charge in [0.2, 0.25) is 5.91 Å². The number of carboxylic acids is 1. The molecule has 0 bridgehead atoms. The third-order valence-corrected chi connectivity index (χ3v) is 4.67. The number of carbonyl (C=O) groups is 2. The van der Waals surface area contributed by atoms with Gasteiger partial charge in [-0.3, -0.25) is 9.59 Å². The van der Waals surface area contributed by atoms with E-state index in [-0.39, 0.29) is 30.2 Å². The Hall–Kier alpha value is -2.69. The second kappa shape index (κ2) is 7.14. The number of hydrogen-bond acceptors (Lipinski definition) is 3. The van der Waals surface area contributed by atoms with Crippen molar-refractivity contribution in [2.24, 2.45) is 0 Å². The molecule has 1 aliphatic rings. The molecule has 1 amide bonds.